The number of amides is 1. The van der Waals surface area contributed by atoms with E-state index in [1.54, 1.807) is 37.3 Å². The summed E-state index contributed by atoms with van der Waals surface area (Å²) in [6.45, 7) is -1.38. The zero-order valence-electron chi connectivity index (χ0n) is 21.5. The Labute approximate surface area is 225 Å². The summed E-state index contributed by atoms with van der Waals surface area (Å²) in [4.78, 5) is 19.9. The molecule has 1 aliphatic carbocycles. The first-order chi connectivity index (χ1) is 18.6. The van der Waals surface area contributed by atoms with Crippen LogP contribution in [0, 0.1) is 11.7 Å². The molecule has 1 fully saturated rings. The average molecular weight is 563 g/mol. The maximum absolute atomic E-state index is 14.2. The number of alkyl halides is 2. The van der Waals surface area contributed by atoms with Gasteiger partial charge in [0.1, 0.15) is 16.8 Å². The Morgan fingerprint density at radius 2 is 1.72 bits per heavy atom. The van der Waals surface area contributed by atoms with Gasteiger partial charge in [0.15, 0.2) is 9.84 Å². The third kappa shape index (κ3) is 6.70. The predicted molar refractivity (Wildman–Crippen MR) is 138 cm³/mol. The molecule has 7 nitrogen and oxygen atoms in total. The average Bonchev–Trinajstić information content (AvgIpc) is 3.75. The van der Waals surface area contributed by atoms with Gasteiger partial charge in [-0.25, -0.2) is 17.8 Å². The van der Waals surface area contributed by atoms with E-state index in [0.717, 1.165) is 37.1 Å². The van der Waals surface area contributed by atoms with E-state index in [1.807, 2.05) is 0 Å². The molecule has 208 valence electrons. The fraction of sp³-hybridized carbons (Fsp3) is 0.357. The van der Waals surface area contributed by atoms with Crippen molar-refractivity contribution in [3.8, 4) is 11.6 Å². The van der Waals surface area contributed by atoms with Crippen LogP contribution < -0.4 is 9.47 Å². The molecular formula is C28H29F3N2O5S. The SMILES string of the molecule is CCC(C(=O)N(Cc1cccc(OC)n1)C(c1ccc(OC(F)F)cc1)C1CC1)S(=O)(=O)c1ccc(F)cc1. The van der Waals surface area contributed by atoms with Crippen LogP contribution in [0.3, 0.4) is 0 Å². The number of methoxy groups -OCH3 is 1. The highest BCUT2D eigenvalue weighted by Gasteiger charge is 2.43. The molecule has 3 aromatic rings. The quantitative estimate of drug-likeness (QED) is 0.269. The van der Waals surface area contributed by atoms with Gasteiger partial charge in [-0.3, -0.25) is 4.79 Å². The van der Waals surface area contributed by atoms with E-state index in [1.165, 1.54) is 24.1 Å². The molecule has 0 radical (unpaired) electrons. The van der Waals surface area contributed by atoms with Crippen LogP contribution >= 0.6 is 0 Å². The molecule has 1 heterocycles. The van der Waals surface area contributed by atoms with E-state index in [9.17, 15) is 26.4 Å². The maximum atomic E-state index is 14.2. The second-order valence-corrected chi connectivity index (χ2v) is 11.4. The van der Waals surface area contributed by atoms with Crippen LogP contribution in [0.15, 0.2) is 71.6 Å². The van der Waals surface area contributed by atoms with Gasteiger partial charge in [-0.15, -0.1) is 0 Å². The topological polar surface area (TPSA) is 85.8 Å². The lowest BCUT2D eigenvalue weighted by molar-refractivity contribution is -0.134. The molecule has 0 N–H and O–H groups in total. The minimum absolute atomic E-state index is 0.0120. The molecule has 0 saturated heterocycles. The summed E-state index contributed by atoms with van der Waals surface area (Å²) < 4.78 is 75.7. The van der Waals surface area contributed by atoms with Crippen LogP contribution in [-0.2, 0) is 21.2 Å². The molecule has 2 atom stereocenters. The van der Waals surface area contributed by atoms with Crippen molar-refractivity contribution in [3.05, 3.63) is 83.8 Å². The van der Waals surface area contributed by atoms with Crippen molar-refractivity contribution < 1.29 is 35.9 Å². The van der Waals surface area contributed by atoms with E-state index in [2.05, 4.69) is 9.72 Å². The molecule has 1 amide bonds. The molecule has 1 aliphatic rings. The first-order valence-electron chi connectivity index (χ1n) is 12.5. The maximum Gasteiger partial charge on any atom is 0.387 e. The molecule has 0 aliphatic heterocycles. The Balaban J connectivity index is 1.76. The standard InChI is InChI=1S/C28H29F3N2O5S/c1-3-24(39(35,36)23-15-11-20(29)12-16-23)27(34)33(17-21-5-4-6-25(32-21)37-2)26(18-7-8-18)19-9-13-22(14-10-19)38-28(30)31/h4-6,9-16,18,24,26,28H,3,7-8,17H2,1-2H3. The van der Waals surface area contributed by atoms with Crippen LogP contribution in [-0.4, -0.2) is 43.2 Å². The van der Waals surface area contributed by atoms with Crippen LogP contribution in [0.25, 0.3) is 0 Å². The number of hydrogen-bond donors (Lipinski definition) is 0. The normalized spacial score (nSPS) is 15.0. The van der Waals surface area contributed by atoms with Crippen molar-refractivity contribution in [3.63, 3.8) is 0 Å². The number of aromatic nitrogens is 1. The first-order valence-corrected chi connectivity index (χ1v) is 14.0. The van der Waals surface area contributed by atoms with Gasteiger partial charge in [-0.1, -0.05) is 25.1 Å². The highest BCUT2D eigenvalue weighted by Crippen LogP contribution is 2.46. The lowest BCUT2D eigenvalue weighted by atomic mass is 9.99. The lowest BCUT2D eigenvalue weighted by Gasteiger charge is -2.35. The molecule has 1 saturated carbocycles. The molecule has 0 spiro atoms. The molecule has 39 heavy (non-hydrogen) atoms. The fourth-order valence-electron chi connectivity index (χ4n) is 4.61. The van der Waals surface area contributed by atoms with Crippen LogP contribution in [0.2, 0.25) is 0 Å². The Kier molecular flexibility index (Phi) is 8.79. The van der Waals surface area contributed by atoms with Crippen LogP contribution in [0.5, 0.6) is 11.6 Å². The third-order valence-corrected chi connectivity index (χ3v) is 8.83. The number of nitrogens with zero attached hydrogens (tertiary/aromatic N) is 2. The Morgan fingerprint density at radius 1 is 1.05 bits per heavy atom. The first kappa shape index (κ1) is 28.4. The van der Waals surface area contributed by atoms with E-state index in [0.29, 0.717) is 17.1 Å². The third-order valence-electron chi connectivity index (χ3n) is 6.62. The second-order valence-electron chi connectivity index (χ2n) is 9.26. The van der Waals surface area contributed by atoms with Crippen molar-refractivity contribution in [2.45, 2.75) is 55.5 Å². The van der Waals surface area contributed by atoms with Gasteiger partial charge in [0.25, 0.3) is 0 Å². The van der Waals surface area contributed by atoms with Gasteiger partial charge in [0.2, 0.25) is 11.8 Å². The summed E-state index contributed by atoms with van der Waals surface area (Å²) >= 11 is 0. The zero-order chi connectivity index (χ0) is 28.2. The van der Waals surface area contributed by atoms with Crippen LogP contribution in [0.4, 0.5) is 13.2 Å². The Morgan fingerprint density at radius 3 is 2.28 bits per heavy atom. The van der Waals surface area contributed by atoms with Gasteiger partial charge in [-0.05, 0) is 73.2 Å². The molecular weight excluding hydrogens is 533 g/mol. The summed E-state index contributed by atoms with van der Waals surface area (Å²) in [6, 6.07) is 14.9. The van der Waals surface area contributed by atoms with E-state index >= 15 is 0 Å². The number of pyridine rings is 1. The van der Waals surface area contributed by atoms with Crippen molar-refractivity contribution in [1.29, 1.82) is 0 Å². The predicted octanol–water partition coefficient (Wildman–Crippen LogP) is 5.56. The number of hydrogen-bond acceptors (Lipinski definition) is 6. The van der Waals surface area contributed by atoms with Gasteiger partial charge in [0, 0.05) is 6.07 Å². The summed E-state index contributed by atoms with van der Waals surface area (Å²) in [5, 5.41) is -1.43. The number of carbonyl (C=O) groups is 1. The minimum Gasteiger partial charge on any atom is -0.481 e. The van der Waals surface area contributed by atoms with Gasteiger partial charge >= 0.3 is 6.61 Å². The molecule has 2 aromatic carbocycles. The van der Waals surface area contributed by atoms with E-state index in [4.69, 9.17) is 4.74 Å². The van der Waals surface area contributed by atoms with Crippen molar-refractivity contribution in [2.75, 3.05) is 7.11 Å². The molecule has 4 rings (SSSR count). The fourth-order valence-corrected chi connectivity index (χ4v) is 6.30. The second kappa shape index (κ2) is 12.1. The number of carbonyl (C=O) groups excluding carboxylic acids is 1. The highest BCUT2D eigenvalue weighted by molar-refractivity contribution is 7.92. The van der Waals surface area contributed by atoms with Crippen molar-refractivity contribution in [1.82, 2.24) is 9.88 Å². The smallest absolute Gasteiger partial charge is 0.387 e. The largest absolute Gasteiger partial charge is 0.481 e. The number of benzene rings is 2. The number of halogens is 3. The van der Waals surface area contributed by atoms with E-state index < -0.39 is 39.5 Å². The van der Waals surface area contributed by atoms with Crippen molar-refractivity contribution in [2.24, 2.45) is 5.92 Å². The van der Waals surface area contributed by atoms with Crippen LogP contribution in [0.1, 0.15) is 43.5 Å². The van der Waals surface area contributed by atoms with Gasteiger partial charge < -0.3 is 14.4 Å². The Hall–Kier alpha value is -3.60. The monoisotopic (exact) mass is 562 g/mol. The Bertz CT molecular complexity index is 1380. The molecule has 11 heteroatoms. The van der Waals surface area contributed by atoms with Gasteiger partial charge in [-0.2, -0.15) is 8.78 Å². The number of sulfone groups is 1. The zero-order valence-corrected chi connectivity index (χ0v) is 22.3. The van der Waals surface area contributed by atoms with Gasteiger partial charge in [0.05, 0.1) is 30.3 Å². The summed E-state index contributed by atoms with van der Waals surface area (Å²) in [6.07, 6.45) is 1.59. The summed E-state index contributed by atoms with van der Waals surface area (Å²) in [5.74, 6) is -0.876. The van der Waals surface area contributed by atoms with Crippen molar-refractivity contribution >= 4 is 15.7 Å². The lowest BCUT2D eigenvalue weighted by Crippen LogP contribution is -2.45. The highest BCUT2D eigenvalue weighted by atomic mass is 32.2. The number of ether oxygens (including phenoxy) is 2. The molecule has 2 unspecified atom stereocenters. The summed E-state index contributed by atoms with van der Waals surface area (Å²) in [5.41, 5.74) is 1.14. The van der Waals surface area contributed by atoms with E-state index in [-0.39, 0.29) is 29.5 Å². The number of rotatable bonds is 12. The minimum atomic E-state index is -4.16. The molecule has 1 aromatic heterocycles. The summed E-state index contributed by atoms with van der Waals surface area (Å²) in [7, 11) is -2.70. The molecule has 0 bridgehead atoms.